The van der Waals surface area contributed by atoms with E-state index in [4.69, 9.17) is 20.6 Å². The molecule has 6 nitrogen and oxygen atoms in total. The van der Waals surface area contributed by atoms with Gasteiger partial charge in [0.25, 0.3) is 0 Å². The summed E-state index contributed by atoms with van der Waals surface area (Å²) in [4.78, 5) is 7.26. The fraction of sp³-hybridized carbons (Fsp3) is 0.357. The van der Waals surface area contributed by atoms with Gasteiger partial charge in [0, 0.05) is 31.4 Å². The van der Waals surface area contributed by atoms with E-state index in [-0.39, 0.29) is 0 Å². The van der Waals surface area contributed by atoms with E-state index in [1.165, 1.54) is 27.8 Å². The Balaban J connectivity index is 1.77. The van der Waals surface area contributed by atoms with Gasteiger partial charge in [0.15, 0.2) is 5.65 Å². The zero-order valence-corrected chi connectivity index (χ0v) is 21.1. The maximum atomic E-state index is 6.03. The molecule has 0 spiro atoms. The third-order valence-corrected chi connectivity index (χ3v) is 6.35. The Kier molecular flexibility index (Phi) is 6.89. The van der Waals surface area contributed by atoms with E-state index in [9.17, 15) is 0 Å². The van der Waals surface area contributed by atoms with Crippen molar-refractivity contribution in [2.75, 3.05) is 31.6 Å². The van der Waals surface area contributed by atoms with Gasteiger partial charge in [-0.3, -0.25) is 0 Å². The van der Waals surface area contributed by atoms with Crippen LogP contribution in [0.15, 0.2) is 42.5 Å². The molecule has 178 valence electrons. The first-order valence-electron chi connectivity index (χ1n) is 11.9. The van der Waals surface area contributed by atoms with Gasteiger partial charge in [-0.05, 0) is 75.4 Å². The van der Waals surface area contributed by atoms with Crippen LogP contribution in [0.5, 0.6) is 5.75 Å². The van der Waals surface area contributed by atoms with Crippen molar-refractivity contribution < 1.29 is 4.74 Å². The predicted molar refractivity (Wildman–Crippen MR) is 140 cm³/mol. The van der Waals surface area contributed by atoms with E-state index >= 15 is 0 Å². The van der Waals surface area contributed by atoms with Gasteiger partial charge in [-0.1, -0.05) is 29.8 Å². The molecule has 2 heterocycles. The largest absolute Gasteiger partial charge is 0.497 e. The molecule has 6 heteroatoms. The van der Waals surface area contributed by atoms with Crippen molar-refractivity contribution in [2.24, 2.45) is 5.73 Å². The molecule has 0 aliphatic carbocycles. The SMILES string of the molecule is COc1ccc(CCN(CCN)c2cc(C)nc3c(-c4c(C)cc(C)cc4C)c(C)nn23)cc1. The van der Waals surface area contributed by atoms with Crippen molar-refractivity contribution in [1.82, 2.24) is 14.6 Å². The highest BCUT2D eigenvalue weighted by molar-refractivity contribution is 5.85. The molecule has 0 aliphatic heterocycles. The molecule has 0 fully saturated rings. The van der Waals surface area contributed by atoms with Gasteiger partial charge in [-0.25, -0.2) is 4.98 Å². The Hall–Kier alpha value is -3.38. The Morgan fingerprint density at radius 3 is 2.21 bits per heavy atom. The number of benzene rings is 2. The lowest BCUT2D eigenvalue weighted by Gasteiger charge is -2.25. The summed E-state index contributed by atoms with van der Waals surface area (Å²) in [6, 6.07) is 14.8. The highest BCUT2D eigenvalue weighted by atomic mass is 16.5. The molecular formula is C28H35N5O. The fourth-order valence-electron chi connectivity index (χ4n) is 4.87. The number of fused-ring (bicyclic) bond motifs is 1. The molecule has 2 aromatic heterocycles. The van der Waals surface area contributed by atoms with Crippen molar-refractivity contribution in [3.8, 4) is 16.9 Å². The van der Waals surface area contributed by atoms with Crippen molar-refractivity contribution in [3.63, 3.8) is 0 Å². The second-order valence-corrected chi connectivity index (χ2v) is 9.10. The van der Waals surface area contributed by atoms with Crippen LogP contribution in [-0.4, -0.2) is 41.3 Å². The fourth-order valence-corrected chi connectivity index (χ4v) is 4.87. The topological polar surface area (TPSA) is 68.7 Å². The van der Waals surface area contributed by atoms with E-state index in [0.717, 1.165) is 53.7 Å². The first-order valence-corrected chi connectivity index (χ1v) is 11.9. The quantitative estimate of drug-likeness (QED) is 0.405. The van der Waals surface area contributed by atoms with Crippen LogP contribution in [0.2, 0.25) is 0 Å². The minimum absolute atomic E-state index is 0.564. The van der Waals surface area contributed by atoms with Crippen LogP contribution >= 0.6 is 0 Å². The Labute approximate surface area is 202 Å². The van der Waals surface area contributed by atoms with E-state index in [0.29, 0.717) is 6.54 Å². The molecule has 34 heavy (non-hydrogen) atoms. The first kappa shape index (κ1) is 23.8. The maximum Gasteiger partial charge on any atom is 0.165 e. The highest BCUT2D eigenvalue weighted by Gasteiger charge is 2.21. The molecule has 2 aromatic carbocycles. The predicted octanol–water partition coefficient (Wildman–Crippen LogP) is 4.95. The van der Waals surface area contributed by atoms with Gasteiger partial charge in [-0.15, -0.1) is 0 Å². The summed E-state index contributed by atoms with van der Waals surface area (Å²) < 4.78 is 7.29. The van der Waals surface area contributed by atoms with Crippen molar-refractivity contribution in [2.45, 2.75) is 41.0 Å². The van der Waals surface area contributed by atoms with Gasteiger partial charge >= 0.3 is 0 Å². The Morgan fingerprint density at radius 1 is 0.912 bits per heavy atom. The maximum absolute atomic E-state index is 6.03. The molecule has 4 rings (SSSR count). The minimum Gasteiger partial charge on any atom is -0.497 e. The van der Waals surface area contributed by atoms with E-state index < -0.39 is 0 Å². The van der Waals surface area contributed by atoms with Gasteiger partial charge in [0.2, 0.25) is 0 Å². The van der Waals surface area contributed by atoms with E-state index in [1.807, 2.05) is 16.6 Å². The molecule has 0 unspecified atom stereocenters. The second kappa shape index (κ2) is 9.85. The van der Waals surface area contributed by atoms with Gasteiger partial charge in [-0.2, -0.15) is 9.61 Å². The first-order chi connectivity index (χ1) is 16.3. The molecule has 0 aliphatic rings. The third-order valence-electron chi connectivity index (χ3n) is 6.35. The second-order valence-electron chi connectivity index (χ2n) is 9.10. The summed E-state index contributed by atoms with van der Waals surface area (Å²) in [5.41, 5.74) is 16.2. The standard InChI is InChI=1S/C28H35N5O/c1-18-15-19(2)26(20(3)16-18)27-22(5)31-33-25(17-21(4)30-28(27)33)32(14-12-29)13-11-23-7-9-24(34-6)10-8-23/h7-10,15-17H,11-14,29H2,1-6H3. The summed E-state index contributed by atoms with van der Waals surface area (Å²) in [5, 5.41) is 4.97. The van der Waals surface area contributed by atoms with Crippen molar-refractivity contribution in [1.29, 1.82) is 0 Å². The highest BCUT2D eigenvalue weighted by Crippen LogP contribution is 2.35. The Bertz CT molecular complexity index is 1280. The summed E-state index contributed by atoms with van der Waals surface area (Å²) in [6.45, 7) is 12.7. The van der Waals surface area contributed by atoms with Crippen LogP contribution in [0, 0.1) is 34.6 Å². The number of hydrogen-bond donors (Lipinski definition) is 1. The monoisotopic (exact) mass is 457 g/mol. The number of nitrogens with two attached hydrogens (primary N) is 1. The van der Waals surface area contributed by atoms with Gasteiger partial charge in [0.05, 0.1) is 18.4 Å². The van der Waals surface area contributed by atoms with Gasteiger partial charge in [0.1, 0.15) is 11.6 Å². The molecule has 0 saturated heterocycles. The lowest BCUT2D eigenvalue weighted by Crippen LogP contribution is -2.33. The number of anilines is 1. The van der Waals surface area contributed by atoms with E-state index in [2.05, 4.69) is 69.9 Å². The lowest BCUT2D eigenvalue weighted by atomic mass is 9.94. The Morgan fingerprint density at radius 2 is 1.59 bits per heavy atom. The third kappa shape index (κ3) is 4.64. The summed E-state index contributed by atoms with van der Waals surface area (Å²) in [5.74, 6) is 1.90. The van der Waals surface area contributed by atoms with Crippen LogP contribution in [0.4, 0.5) is 5.82 Å². The number of aromatic nitrogens is 3. The molecular weight excluding hydrogens is 422 g/mol. The lowest BCUT2D eigenvalue weighted by molar-refractivity contribution is 0.414. The van der Waals surface area contributed by atoms with Gasteiger partial charge < -0.3 is 15.4 Å². The van der Waals surface area contributed by atoms with Crippen LogP contribution in [0.3, 0.4) is 0 Å². The number of rotatable bonds is 8. The van der Waals surface area contributed by atoms with Crippen molar-refractivity contribution >= 4 is 11.5 Å². The number of aryl methyl sites for hydroxylation is 5. The normalized spacial score (nSPS) is 11.3. The average molecular weight is 458 g/mol. The number of hydrogen-bond acceptors (Lipinski definition) is 5. The van der Waals surface area contributed by atoms with Crippen molar-refractivity contribution in [3.05, 3.63) is 76.1 Å². The summed E-state index contributed by atoms with van der Waals surface area (Å²) in [7, 11) is 1.69. The zero-order valence-electron chi connectivity index (χ0n) is 21.1. The number of nitrogens with zero attached hydrogens (tertiary/aromatic N) is 4. The van der Waals surface area contributed by atoms with E-state index in [1.54, 1.807) is 7.11 Å². The molecule has 0 radical (unpaired) electrons. The molecule has 2 N–H and O–H groups in total. The number of ether oxygens (including phenoxy) is 1. The van der Waals surface area contributed by atoms with Crippen LogP contribution in [0.25, 0.3) is 16.8 Å². The number of methoxy groups -OCH3 is 1. The zero-order chi connectivity index (χ0) is 24.4. The summed E-state index contributed by atoms with van der Waals surface area (Å²) in [6.07, 6.45) is 0.899. The molecule has 0 saturated carbocycles. The molecule has 0 bridgehead atoms. The smallest absolute Gasteiger partial charge is 0.165 e. The molecule has 0 amide bonds. The van der Waals surface area contributed by atoms with Crippen LogP contribution < -0.4 is 15.4 Å². The minimum atomic E-state index is 0.564. The summed E-state index contributed by atoms with van der Waals surface area (Å²) >= 11 is 0. The molecule has 4 aromatic rings. The van der Waals surface area contributed by atoms with Crippen LogP contribution in [0.1, 0.15) is 33.6 Å². The van der Waals surface area contributed by atoms with Crippen LogP contribution in [-0.2, 0) is 6.42 Å². The molecule has 0 atom stereocenters. The average Bonchev–Trinajstić information content (AvgIpc) is 3.11.